The van der Waals surface area contributed by atoms with Gasteiger partial charge in [-0.1, -0.05) is 6.58 Å². The van der Waals surface area contributed by atoms with Crippen LogP contribution in [0.3, 0.4) is 0 Å². The van der Waals surface area contributed by atoms with Gasteiger partial charge in [-0.05, 0) is 6.92 Å². The van der Waals surface area contributed by atoms with Crippen molar-refractivity contribution in [3.63, 3.8) is 0 Å². The van der Waals surface area contributed by atoms with Gasteiger partial charge >= 0.3 is 6.92 Å². The van der Waals surface area contributed by atoms with E-state index in [2.05, 4.69) is 6.58 Å². The fourth-order valence-electron chi connectivity index (χ4n) is 0.511. The molecule has 0 aliphatic heterocycles. The van der Waals surface area contributed by atoms with Gasteiger partial charge in [0.15, 0.2) is 0 Å². The Hall–Kier alpha value is 0.400. The minimum Gasteiger partial charge on any atom is -0.330 e. The summed E-state index contributed by atoms with van der Waals surface area (Å²) >= 11 is 1.35. The molecule has 0 spiro atoms. The van der Waals surface area contributed by atoms with Crippen LogP contribution in [0.2, 0.25) is 0 Å². The van der Waals surface area contributed by atoms with Gasteiger partial charge in [-0.3, -0.25) is 0 Å². The van der Waals surface area contributed by atoms with Gasteiger partial charge in [-0.2, -0.15) is 4.52 Å². The quantitative estimate of drug-likeness (QED) is 0.634. The first-order valence-electron chi connectivity index (χ1n) is 3.42. The summed E-state index contributed by atoms with van der Waals surface area (Å²) in [7, 11) is 0. The smallest absolute Gasteiger partial charge is 0.330 e. The first kappa shape index (κ1) is 11.4. The molecule has 11 heavy (non-hydrogen) atoms. The Morgan fingerprint density at radius 3 is 2.82 bits per heavy atom. The molecule has 0 aliphatic carbocycles. The second-order valence-corrected chi connectivity index (χ2v) is 6.55. The topological polar surface area (TPSA) is 55.5 Å². The van der Waals surface area contributed by atoms with Gasteiger partial charge in [-0.15, -0.1) is 0 Å². The van der Waals surface area contributed by atoms with Crippen LogP contribution in [-0.2, 0) is 4.52 Å². The average Bonchev–Trinajstić information content (AvgIpc) is 2.02. The lowest BCUT2D eigenvalue weighted by atomic mass is 10.8. The van der Waals surface area contributed by atoms with Crippen LogP contribution in [0.25, 0.3) is 0 Å². The third-order valence-corrected chi connectivity index (χ3v) is 5.24. The van der Waals surface area contributed by atoms with Crippen LogP contribution in [0, 0.1) is 0 Å². The van der Waals surface area contributed by atoms with Crippen LogP contribution in [0.15, 0.2) is 12.4 Å². The molecule has 0 aromatic heterocycles. The second-order valence-electron chi connectivity index (χ2n) is 1.79. The molecule has 1 atom stereocenters. The average molecular weight is 196 g/mol. The molecule has 0 radical (unpaired) electrons. The summed E-state index contributed by atoms with van der Waals surface area (Å²) in [5.41, 5.74) is 5.28. The standard InChI is InChI=1S/C6H15NO2PS/c1-3-9-10(8,4-2)11-6-5-7/h4,8H,2-3,5-7H2,1H3/q+1. The van der Waals surface area contributed by atoms with Crippen molar-refractivity contribution in [2.24, 2.45) is 5.73 Å². The van der Waals surface area contributed by atoms with E-state index < -0.39 is 6.92 Å². The van der Waals surface area contributed by atoms with Crippen LogP contribution in [0.1, 0.15) is 6.92 Å². The highest BCUT2D eigenvalue weighted by Gasteiger charge is 2.34. The minimum atomic E-state index is -2.37. The lowest BCUT2D eigenvalue weighted by Gasteiger charge is -2.10. The fourth-order valence-corrected chi connectivity index (χ4v) is 3.49. The van der Waals surface area contributed by atoms with Crippen molar-refractivity contribution in [1.29, 1.82) is 0 Å². The van der Waals surface area contributed by atoms with Gasteiger partial charge in [-0.25, -0.2) is 4.89 Å². The van der Waals surface area contributed by atoms with Gasteiger partial charge < -0.3 is 5.73 Å². The van der Waals surface area contributed by atoms with E-state index in [9.17, 15) is 4.89 Å². The van der Waals surface area contributed by atoms with E-state index in [1.54, 1.807) is 0 Å². The Kier molecular flexibility index (Phi) is 6.19. The summed E-state index contributed by atoms with van der Waals surface area (Å²) in [5.74, 6) is 2.19. The molecule has 0 heterocycles. The number of nitrogens with two attached hydrogens (primary N) is 1. The van der Waals surface area contributed by atoms with E-state index in [1.165, 1.54) is 17.2 Å². The molecular weight excluding hydrogens is 181 g/mol. The third kappa shape index (κ3) is 4.77. The van der Waals surface area contributed by atoms with Gasteiger partial charge in [0.25, 0.3) is 0 Å². The predicted octanol–water partition coefficient (Wildman–Crippen LogP) is 1.61. The highest BCUT2D eigenvalue weighted by atomic mass is 32.7. The Bertz CT molecular complexity index is 125. The molecule has 0 fully saturated rings. The van der Waals surface area contributed by atoms with Gasteiger partial charge in [0.1, 0.15) is 5.82 Å². The van der Waals surface area contributed by atoms with Crippen molar-refractivity contribution in [3.05, 3.63) is 12.4 Å². The first-order chi connectivity index (χ1) is 5.18. The van der Waals surface area contributed by atoms with E-state index in [0.29, 0.717) is 18.9 Å². The predicted molar refractivity (Wildman–Crippen MR) is 52.5 cm³/mol. The zero-order chi connectivity index (χ0) is 8.74. The molecule has 0 bridgehead atoms. The Balaban J connectivity index is 3.77. The lowest BCUT2D eigenvalue weighted by molar-refractivity contribution is 0.331. The van der Waals surface area contributed by atoms with E-state index in [4.69, 9.17) is 10.3 Å². The zero-order valence-electron chi connectivity index (χ0n) is 6.69. The van der Waals surface area contributed by atoms with Crippen molar-refractivity contribution in [3.8, 4) is 0 Å². The van der Waals surface area contributed by atoms with Crippen LogP contribution in [0.4, 0.5) is 0 Å². The summed E-state index contributed by atoms with van der Waals surface area (Å²) in [6.45, 7) is 4.05. The van der Waals surface area contributed by atoms with Crippen LogP contribution in [0.5, 0.6) is 0 Å². The molecule has 0 aliphatic rings. The summed E-state index contributed by atoms with van der Waals surface area (Å²) in [5, 5.41) is 0. The SMILES string of the molecule is C=C[P+](O)(OCC)SCCN. The molecule has 3 N–H and O–H groups in total. The molecule has 3 nitrogen and oxygen atoms in total. The number of hydrogen-bond acceptors (Lipinski definition) is 4. The molecule has 0 aromatic carbocycles. The summed E-state index contributed by atoms with van der Waals surface area (Å²) in [6, 6.07) is 0. The van der Waals surface area contributed by atoms with E-state index in [0.717, 1.165) is 0 Å². The maximum Gasteiger partial charge on any atom is 0.355 e. The monoisotopic (exact) mass is 196 g/mol. The summed E-state index contributed by atoms with van der Waals surface area (Å²) in [4.78, 5) is 9.63. The number of rotatable bonds is 6. The maximum atomic E-state index is 9.63. The lowest BCUT2D eigenvalue weighted by Crippen LogP contribution is -2.02. The maximum absolute atomic E-state index is 9.63. The van der Waals surface area contributed by atoms with Crippen LogP contribution < -0.4 is 5.73 Å². The highest BCUT2D eigenvalue weighted by Crippen LogP contribution is 2.68. The molecule has 0 rings (SSSR count). The third-order valence-electron chi connectivity index (χ3n) is 0.939. The Morgan fingerprint density at radius 1 is 1.82 bits per heavy atom. The number of hydrogen-bond donors (Lipinski definition) is 2. The van der Waals surface area contributed by atoms with Gasteiger partial charge in [0, 0.05) is 12.3 Å². The van der Waals surface area contributed by atoms with Crippen molar-refractivity contribution < 1.29 is 9.42 Å². The van der Waals surface area contributed by atoms with Crippen molar-refractivity contribution in [2.75, 3.05) is 18.9 Å². The van der Waals surface area contributed by atoms with Crippen LogP contribution >= 0.6 is 18.3 Å². The molecular formula is C6H15NO2PS+. The van der Waals surface area contributed by atoms with Crippen molar-refractivity contribution in [1.82, 2.24) is 0 Å². The highest BCUT2D eigenvalue weighted by molar-refractivity contribution is 8.60. The second kappa shape index (κ2) is 5.98. The fraction of sp³-hybridized carbons (Fsp3) is 0.667. The molecule has 0 aromatic rings. The zero-order valence-corrected chi connectivity index (χ0v) is 8.40. The Morgan fingerprint density at radius 2 is 2.45 bits per heavy atom. The largest absolute Gasteiger partial charge is 0.355 e. The molecule has 1 unspecified atom stereocenters. The molecule has 66 valence electrons. The molecule has 0 saturated carbocycles. The van der Waals surface area contributed by atoms with E-state index in [-0.39, 0.29) is 0 Å². The van der Waals surface area contributed by atoms with E-state index in [1.807, 2.05) is 6.92 Å². The van der Waals surface area contributed by atoms with E-state index >= 15 is 0 Å². The normalized spacial score (nSPS) is 15.9. The van der Waals surface area contributed by atoms with Crippen LogP contribution in [-0.4, -0.2) is 23.8 Å². The molecule has 0 saturated heterocycles. The minimum absolute atomic E-state index is 0.508. The first-order valence-corrected chi connectivity index (χ1v) is 6.74. The van der Waals surface area contributed by atoms with Gasteiger partial charge in [0.05, 0.1) is 18.0 Å². The molecule has 5 heteroatoms. The van der Waals surface area contributed by atoms with Crippen molar-refractivity contribution in [2.45, 2.75) is 6.92 Å². The van der Waals surface area contributed by atoms with Gasteiger partial charge in [0.2, 0.25) is 0 Å². The molecule has 0 amide bonds. The van der Waals surface area contributed by atoms with Crippen molar-refractivity contribution >= 4 is 18.3 Å². The summed E-state index contributed by atoms with van der Waals surface area (Å²) < 4.78 is 5.14. The Labute approximate surface area is 72.3 Å². The summed E-state index contributed by atoms with van der Waals surface area (Å²) in [6.07, 6.45) is 0.